The predicted octanol–water partition coefficient (Wildman–Crippen LogP) is 6.12. The van der Waals surface area contributed by atoms with Gasteiger partial charge in [0.15, 0.2) is 0 Å². The zero-order chi connectivity index (χ0) is 20.6. The molecule has 0 saturated carbocycles. The number of hydrogen-bond acceptors (Lipinski definition) is 3. The summed E-state index contributed by atoms with van der Waals surface area (Å²) >= 11 is 0. The van der Waals surface area contributed by atoms with Crippen molar-refractivity contribution in [2.45, 2.75) is 20.3 Å². The Bertz CT molecular complexity index is 1110. The van der Waals surface area contributed by atoms with Crippen LogP contribution in [0, 0.1) is 0 Å². The minimum Gasteiger partial charge on any atom is -0.300 e. The molecule has 0 atom stereocenters. The molecule has 0 fully saturated rings. The van der Waals surface area contributed by atoms with Gasteiger partial charge in [-0.3, -0.25) is 9.59 Å². The SMILES string of the molecule is CC(=O)CC(C)=O.[Ir].c1ccc(-c2cc(-c3ccccc3)c3ccccc3n2)cc1. The van der Waals surface area contributed by atoms with Gasteiger partial charge in [0.1, 0.15) is 11.6 Å². The van der Waals surface area contributed by atoms with Crippen molar-refractivity contribution in [1.82, 2.24) is 4.98 Å². The van der Waals surface area contributed by atoms with Crippen LogP contribution < -0.4 is 0 Å². The van der Waals surface area contributed by atoms with Gasteiger partial charge in [0.2, 0.25) is 0 Å². The van der Waals surface area contributed by atoms with Crippen molar-refractivity contribution in [3.8, 4) is 22.4 Å². The van der Waals surface area contributed by atoms with Crippen LogP contribution in [0.1, 0.15) is 20.3 Å². The molecule has 0 aliphatic heterocycles. The number of benzene rings is 3. The quantitative estimate of drug-likeness (QED) is 0.277. The van der Waals surface area contributed by atoms with Crippen LogP contribution in [0.15, 0.2) is 91.0 Å². The van der Waals surface area contributed by atoms with E-state index in [1.54, 1.807) is 0 Å². The van der Waals surface area contributed by atoms with Gasteiger partial charge >= 0.3 is 0 Å². The fourth-order valence-corrected chi connectivity index (χ4v) is 3.14. The van der Waals surface area contributed by atoms with E-state index in [0.717, 1.165) is 16.8 Å². The van der Waals surface area contributed by atoms with E-state index < -0.39 is 0 Å². The fraction of sp³-hybridized carbons (Fsp3) is 0.115. The minimum atomic E-state index is -0.0625. The van der Waals surface area contributed by atoms with E-state index in [1.807, 2.05) is 30.3 Å². The molecule has 153 valence electrons. The maximum atomic E-state index is 10.0. The molecule has 0 N–H and O–H groups in total. The van der Waals surface area contributed by atoms with Crippen LogP contribution in [0.3, 0.4) is 0 Å². The number of nitrogens with zero attached hydrogens (tertiary/aromatic N) is 1. The molecule has 1 aromatic heterocycles. The van der Waals surface area contributed by atoms with E-state index in [0.29, 0.717) is 0 Å². The molecule has 0 spiro atoms. The second-order valence-electron chi connectivity index (χ2n) is 6.89. The van der Waals surface area contributed by atoms with E-state index in [1.165, 1.54) is 30.4 Å². The largest absolute Gasteiger partial charge is 0.300 e. The maximum absolute atomic E-state index is 10.0. The number of Topliss-reactive ketones (excluding diaryl/α,β-unsaturated/α-hetero) is 2. The molecule has 0 amide bonds. The third kappa shape index (κ3) is 6.28. The second-order valence-corrected chi connectivity index (χ2v) is 6.89. The molecule has 4 rings (SSSR count). The Balaban J connectivity index is 0.000000350. The zero-order valence-corrected chi connectivity index (χ0v) is 19.4. The summed E-state index contributed by atoms with van der Waals surface area (Å²) in [6, 6.07) is 31.3. The van der Waals surface area contributed by atoms with Crippen LogP contribution in [-0.4, -0.2) is 16.6 Å². The summed E-state index contributed by atoms with van der Waals surface area (Å²) < 4.78 is 0. The first-order chi connectivity index (χ1) is 14.0. The van der Waals surface area contributed by atoms with Crippen molar-refractivity contribution in [2.75, 3.05) is 0 Å². The number of hydrogen-bond donors (Lipinski definition) is 0. The number of ketones is 2. The molecule has 4 heteroatoms. The smallest absolute Gasteiger partial charge is 0.137 e. The van der Waals surface area contributed by atoms with Crippen molar-refractivity contribution in [3.63, 3.8) is 0 Å². The minimum absolute atomic E-state index is 0. The Morgan fingerprint density at radius 3 is 1.73 bits per heavy atom. The van der Waals surface area contributed by atoms with Gasteiger partial charge in [-0.05, 0) is 37.1 Å². The van der Waals surface area contributed by atoms with Gasteiger partial charge in [-0.2, -0.15) is 0 Å². The van der Waals surface area contributed by atoms with Gasteiger partial charge in [0.05, 0.1) is 17.6 Å². The van der Waals surface area contributed by atoms with Crippen molar-refractivity contribution in [3.05, 3.63) is 91.0 Å². The van der Waals surface area contributed by atoms with Crippen LogP contribution in [0.4, 0.5) is 0 Å². The number of pyridine rings is 1. The van der Waals surface area contributed by atoms with Crippen LogP contribution in [0.2, 0.25) is 0 Å². The Morgan fingerprint density at radius 2 is 1.20 bits per heavy atom. The number of para-hydroxylation sites is 1. The zero-order valence-electron chi connectivity index (χ0n) is 17.0. The van der Waals surface area contributed by atoms with E-state index in [2.05, 4.69) is 60.7 Å². The molecule has 30 heavy (non-hydrogen) atoms. The van der Waals surface area contributed by atoms with E-state index in [4.69, 9.17) is 4.98 Å². The molecular formula is C26H23IrNO2. The normalized spacial score (nSPS) is 9.80. The fourth-order valence-electron chi connectivity index (χ4n) is 3.14. The summed E-state index contributed by atoms with van der Waals surface area (Å²) in [6.07, 6.45) is 0.0833. The van der Waals surface area contributed by atoms with E-state index in [-0.39, 0.29) is 38.1 Å². The summed E-state index contributed by atoms with van der Waals surface area (Å²) in [4.78, 5) is 24.9. The molecule has 3 nitrogen and oxygen atoms in total. The standard InChI is InChI=1S/C21H15N.C5H8O2.Ir/c1-3-9-16(10-4-1)19-15-21(17-11-5-2-6-12-17)22-20-14-8-7-13-18(19)20;1-4(6)3-5(2)7;/h1-15H;3H2,1-2H3;. The van der Waals surface area contributed by atoms with Crippen LogP contribution >= 0.6 is 0 Å². The van der Waals surface area contributed by atoms with E-state index in [9.17, 15) is 9.59 Å². The van der Waals surface area contributed by atoms with Gasteiger partial charge in [0.25, 0.3) is 0 Å². The summed E-state index contributed by atoms with van der Waals surface area (Å²) in [7, 11) is 0. The average molecular weight is 574 g/mol. The van der Waals surface area contributed by atoms with Crippen molar-refractivity contribution in [1.29, 1.82) is 0 Å². The number of carbonyl (C=O) groups is 2. The summed E-state index contributed by atoms with van der Waals surface area (Å²) in [5.74, 6) is -0.125. The first-order valence-corrected chi connectivity index (χ1v) is 9.54. The topological polar surface area (TPSA) is 47.0 Å². The molecule has 0 unspecified atom stereocenters. The van der Waals surface area contributed by atoms with Gasteiger partial charge < -0.3 is 0 Å². The first kappa shape index (κ1) is 23.3. The number of fused-ring (bicyclic) bond motifs is 1. The van der Waals surface area contributed by atoms with Gasteiger partial charge in [-0.1, -0.05) is 78.9 Å². The molecule has 3 aromatic carbocycles. The van der Waals surface area contributed by atoms with Crippen LogP contribution in [0.5, 0.6) is 0 Å². The van der Waals surface area contributed by atoms with Crippen LogP contribution in [-0.2, 0) is 29.7 Å². The molecule has 1 radical (unpaired) electrons. The molecule has 0 bridgehead atoms. The molecule has 1 heterocycles. The summed E-state index contributed by atoms with van der Waals surface area (Å²) in [5, 5.41) is 1.19. The first-order valence-electron chi connectivity index (χ1n) is 9.54. The molecule has 0 saturated heterocycles. The predicted molar refractivity (Wildman–Crippen MR) is 119 cm³/mol. The second kappa shape index (κ2) is 11.3. The van der Waals surface area contributed by atoms with Crippen LogP contribution in [0.25, 0.3) is 33.3 Å². The monoisotopic (exact) mass is 574 g/mol. The molecule has 0 aliphatic carbocycles. The number of rotatable bonds is 4. The van der Waals surface area contributed by atoms with Crippen molar-refractivity contribution in [2.24, 2.45) is 0 Å². The van der Waals surface area contributed by atoms with Gasteiger partial charge in [-0.25, -0.2) is 4.98 Å². The molecule has 0 aliphatic rings. The Labute approximate surface area is 190 Å². The summed E-state index contributed by atoms with van der Waals surface area (Å²) in [6.45, 7) is 2.81. The summed E-state index contributed by atoms with van der Waals surface area (Å²) in [5.41, 5.74) is 5.63. The number of aromatic nitrogens is 1. The molecule has 4 aromatic rings. The Morgan fingerprint density at radius 1 is 0.700 bits per heavy atom. The third-order valence-corrected chi connectivity index (χ3v) is 4.37. The van der Waals surface area contributed by atoms with Crippen molar-refractivity contribution < 1.29 is 29.7 Å². The Kier molecular flexibility index (Phi) is 8.79. The number of carbonyl (C=O) groups excluding carboxylic acids is 2. The van der Waals surface area contributed by atoms with Gasteiger partial charge in [-0.15, -0.1) is 0 Å². The molecular weight excluding hydrogens is 551 g/mol. The van der Waals surface area contributed by atoms with E-state index >= 15 is 0 Å². The maximum Gasteiger partial charge on any atom is 0.137 e. The Hall–Kier alpha value is -2.94. The van der Waals surface area contributed by atoms with Crippen molar-refractivity contribution >= 4 is 22.5 Å². The average Bonchev–Trinajstić information content (AvgIpc) is 2.74. The van der Waals surface area contributed by atoms with Gasteiger partial charge in [0, 0.05) is 31.1 Å². The third-order valence-electron chi connectivity index (χ3n) is 4.37.